The topological polar surface area (TPSA) is 186 Å². The quantitative estimate of drug-likeness (QED) is 0.0497. The molecular formula is C46H48F3N7O7. The zero-order valence-corrected chi connectivity index (χ0v) is 35.4. The Kier molecular flexibility index (Phi) is 12.6. The number of carbonyl (C=O) groups excluding carboxylic acids is 5. The fraction of sp³-hybridized carbons (Fsp3) is 0.413. The second kappa shape index (κ2) is 18.0. The van der Waals surface area contributed by atoms with E-state index in [0.29, 0.717) is 77.6 Å². The number of nitrogens with zero attached hydrogens (tertiary/aromatic N) is 4. The van der Waals surface area contributed by atoms with Gasteiger partial charge in [-0.3, -0.25) is 34.2 Å². The van der Waals surface area contributed by atoms with Gasteiger partial charge in [0.15, 0.2) is 11.5 Å². The van der Waals surface area contributed by atoms with E-state index in [4.69, 9.17) is 15.2 Å². The van der Waals surface area contributed by atoms with E-state index in [0.717, 1.165) is 42.7 Å². The van der Waals surface area contributed by atoms with E-state index in [2.05, 4.69) is 32.4 Å². The van der Waals surface area contributed by atoms with Crippen molar-refractivity contribution >= 4 is 51.9 Å². The predicted octanol–water partition coefficient (Wildman–Crippen LogP) is 6.74. The number of methoxy groups -OCH3 is 1. The van der Waals surface area contributed by atoms with E-state index in [1.165, 1.54) is 19.2 Å². The lowest BCUT2D eigenvalue weighted by Gasteiger charge is -2.27. The van der Waals surface area contributed by atoms with Crippen LogP contribution >= 0.6 is 0 Å². The van der Waals surface area contributed by atoms with Gasteiger partial charge in [0.25, 0.3) is 11.8 Å². The summed E-state index contributed by atoms with van der Waals surface area (Å²) in [7, 11) is 3.31. The molecule has 7 rings (SSSR count). The molecule has 17 heteroatoms. The highest BCUT2D eigenvalue weighted by molar-refractivity contribution is 6.24. The molecule has 3 heterocycles. The lowest BCUT2D eigenvalue weighted by molar-refractivity contribution is -0.138. The number of ether oxygens (including phenoxy) is 2. The van der Waals surface area contributed by atoms with Crippen LogP contribution in [0.3, 0.4) is 0 Å². The Balaban J connectivity index is 0.906. The van der Waals surface area contributed by atoms with Crippen LogP contribution in [-0.4, -0.2) is 82.7 Å². The maximum atomic E-state index is 13.6. The van der Waals surface area contributed by atoms with Gasteiger partial charge in [0, 0.05) is 61.0 Å². The van der Waals surface area contributed by atoms with Gasteiger partial charge in [-0.05, 0) is 87.9 Å². The van der Waals surface area contributed by atoms with Crippen LogP contribution in [0.25, 0.3) is 10.9 Å². The van der Waals surface area contributed by atoms with Gasteiger partial charge in [0.05, 0.1) is 42.0 Å². The molecule has 5 amide bonds. The van der Waals surface area contributed by atoms with Crippen molar-refractivity contribution in [1.82, 2.24) is 25.1 Å². The zero-order chi connectivity index (χ0) is 45.2. The molecule has 2 fully saturated rings. The number of fused-ring (bicyclic) bond motifs is 2. The number of nitrogens with two attached hydrogens (primary N) is 1. The Morgan fingerprint density at radius 1 is 1.06 bits per heavy atom. The number of benzene rings is 3. The van der Waals surface area contributed by atoms with E-state index in [-0.39, 0.29) is 41.0 Å². The molecule has 3 aromatic carbocycles. The zero-order valence-electron chi connectivity index (χ0n) is 35.4. The molecular weight excluding hydrogens is 820 g/mol. The Morgan fingerprint density at radius 2 is 1.84 bits per heavy atom. The number of anilines is 2. The molecule has 2 atom stereocenters. The number of carbonyl (C=O) groups is 5. The number of hydrogen-bond donors (Lipinski definition) is 3. The van der Waals surface area contributed by atoms with Gasteiger partial charge in [-0.2, -0.15) is 13.2 Å². The third-order valence-electron chi connectivity index (χ3n) is 11.6. The number of unbranched alkanes of at least 4 members (excludes halogenated alkanes) is 3. The van der Waals surface area contributed by atoms with Crippen molar-refractivity contribution in [2.45, 2.75) is 89.9 Å². The number of nitrogens with one attached hydrogen (secondary N) is 2. The molecule has 1 unspecified atom stereocenters. The molecule has 1 saturated heterocycles. The molecule has 3 aliphatic rings. The third kappa shape index (κ3) is 9.85. The fourth-order valence-corrected chi connectivity index (χ4v) is 7.99. The van der Waals surface area contributed by atoms with Crippen LogP contribution in [0.1, 0.15) is 114 Å². The number of piperidine rings is 1. The molecule has 1 aromatic heterocycles. The van der Waals surface area contributed by atoms with E-state index < -0.39 is 47.5 Å². The van der Waals surface area contributed by atoms with Crippen molar-refractivity contribution in [1.29, 1.82) is 0 Å². The van der Waals surface area contributed by atoms with Crippen molar-refractivity contribution < 1.29 is 46.6 Å². The second-order valence-electron chi connectivity index (χ2n) is 16.5. The molecule has 1 saturated carbocycles. The lowest BCUT2D eigenvalue weighted by atomic mass is 10.0. The van der Waals surface area contributed by atoms with E-state index in [9.17, 15) is 37.1 Å². The summed E-state index contributed by atoms with van der Waals surface area (Å²) in [6.45, 7) is 4.26. The summed E-state index contributed by atoms with van der Waals surface area (Å²) in [4.78, 5) is 75.4. The second-order valence-corrected chi connectivity index (χ2v) is 16.5. The molecule has 0 spiro atoms. The average molecular weight is 868 g/mol. The fourth-order valence-electron chi connectivity index (χ4n) is 7.99. The number of amides is 5. The Morgan fingerprint density at radius 3 is 2.56 bits per heavy atom. The van der Waals surface area contributed by atoms with Gasteiger partial charge in [-0.1, -0.05) is 24.3 Å². The first-order chi connectivity index (χ1) is 30.0. The summed E-state index contributed by atoms with van der Waals surface area (Å²) in [5.41, 5.74) is 6.37. The minimum Gasteiger partial charge on any atom is -0.493 e. The smallest absolute Gasteiger partial charge is 0.416 e. The third-order valence-corrected chi connectivity index (χ3v) is 11.6. The van der Waals surface area contributed by atoms with Crippen LogP contribution in [0.15, 0.2) is 48.5 Å². The number of hydrogen-bond acceptors (Lipinski definition) is 11. The number of aromatic nitrogens is 2. The predicted molar refractivity (Wildman–Crippen MR) is 227 cm³/mol. The Hall–Kier alpha value is -6.70. The highest BCUT2D eigenvalue weighted by Crippen LogP contribution is 2.47. The van der Waals surface area contributed by atoms with Crippen molar-refractivity contribution in [3.8, 4) is 23.3 Å². The molecule has 63 heavy (non-hydrogen) atoms. The standard InChI is InChI=1S/C46H48F3N7O7/c1-26(29-19-30(46(47,48)49)21-31(50)20-29)51-41-33-22-37(36(62-4)23-34(33)52-27(2)53-41)63-25-45(17-18-45)24-55(3)39(58)14-9-7-5-6-8-11-28-12-10-13-32-40(28)44(61)56(43(32)60)35-15-16-38(57)54-42(35)59/h10,12-13,19-23,26,35H,5-7,9,14-18,24-25,50H2,1-4H3,(H,51,52,53)(H,54,57,59)/t26-,35?/m1/s1. The summed E-state index contributed by atoms with van der Waals surface area (Å²) < 4.78 is 52.7. The van der Waals surface area contributed by atoms with Gasteiger partial charge in [0.2, 0.25) is 17.7 Å². The van der Waals surface area contributed by atoms with Gasteiger partial charge >= 0.3 is 6.18 Å². The first kappa shape index (κ1) is 44.4. The van der Waals surface area contributed by atoms with Crippen LogP contribution in [0, 0.1) is 24.2 Å². The van der Waals surface area contributed by atoms with E-state index >= 15 is 0 Å². The summed E-state index contributed by atoms with van der Waals surface area (Å²) >= 11 is 0. The molecule has 1 aliphatic carbocycles. The molecule has 2 aliphatic heterocycles. The van der Waals surface area contributed by atoms with Crippen LogP contribution in [-0.2, 0) is 20.6 Å². The maximum Gasteiger partial charge on any atom is 0.416 e. The normalized spacial score (nSPS) is 17.1. The largest absolute Gasteiger partial charge is 0.493 e. The SMILES string of the molecule is COc1cc2nc(C)nc(N[C@H](C)c3cc(N)cc(C(F)(F)F)c3)c2cc1OCC1(CN(C)C(=O)CCCCCC#Cc2cccc3c2C(=O)N(C2CCC(=O)NC2=O)C3=O)CC1. The number of imide groups is 2. The number of nitrogen functional groups attached to an aromatic ring is 1. The first-order valence-corrected chi connectivity index (χ1v) is 20.8. The minimum absolute atomic E-state index is 0.00396. The summed E-state index contributed by atoms with van der Waals surface area (Å²) in [5, 5.41) is 6.01. The number of halogens is 3. The maximum absolute atomic E-state index is 13.6. The van der Waals surface area contributed by atoms with Crippen LogP contribution < -0.4 is 25.8 Å². The van der Waals surface area contributed by atoms with Crippen molar-refractivity contribution in [3.05, 3.63) is 82.2 Å². The molecule has 4 aromatic rings. The summed E-state index contributed by atoms with van der Waals surface area (Å²) in [6, 6.07) is 10.1. The van der Waals surface area contributed by atoms with Gasteiger partial charge in [0.1, 0.15) is 17.7 Å². The molecule has 0 bridgehead atoms. The van der Waals surface area contributed by atoms with Crippen LogP contribution in [0.4, 0.5) is 24.7 Å². The Labute approximate surface area is 362 Å². The molecule has 0 radical (unpaired) electrons. The first-order valence-electron chi connectivity index (χ1n) is 20.8. The van der Waals surface area contributed by atoms with Crippen molar-refractivity contribution in [2.24, 2.45) is 5.41 Å². The van der Waals surface area contributed by atoms with Crippen LogP contribution in [0.2, 0.25) is 0 Å². The van der Waals surface area contributed by atoms with Gasteiger partial charge in [-0.15, -0.1) is 0 Å². The average Bonchev–Trinajstić information content (AvgIpc) is 3.95. The monoisotopic (exact) mass is 867 g/mol. The lowest BCUT2D eigenvalue weighted by Crippen LogP contribution is -2.54. The highest BCUT2D eigenvalue weighted by atomic mass is 19.4. The number of aryl methyl sites for hydroxylation is 1. The summed E-state index contributed by atoms with van der Waals surface area (Å²) in [5.74, 6) is 5.54. The highest BCUT2D eigenvalue weighted by Gasteiger charge is 2.46. The van der Waals surface area contributed by atoms with E-state index in [1.54, 1.807) is 50.1 Å². The van der Waals surface area contributed by atoms with E-state index in [1.807, 2.05) is 0 Å². The van der Waals surface area contributed by atoms with Gasteiger partial charge < -0.3 is 25.4 Å². The molecule has 14 nitrogen and oxygen atoms in total. The van der Waals surface area contributed by atoms with Crippen molar-refractivity contribution in [3.63, 3.8) is 0 Å². The Bertz CT molecular complexity index is 2570. The van der Waals surface area contributed by atoms with Crippen molar-refractivity contribution in [2.75, 3.05) is 38.4 Å². The minimum atomic E-state index is -4.55. The van der Waals surface area contributed by atoms with Gasteiger partial charge in [-0.25, -0.2) is 9.97 Å². The number of rotatable bonds is 15. The molecule has 4 N–H and O–H groups in total. The number of alkyl halides is 3. The summed E-state index contributed by atoms with van der Waals surface area (Å²) in [6.07, 6.45) is 0.297. The van der Waals surface area contributed by atoms with Crippen LogP contribution in [0.5, 0.6) is 11.5 Å². The molecule has 330 valence electrons.